The second kappa shape index (κ2) is 8.50. The minimum atomic E-state index is -0.451. The van der Waals surface area contributed by atoms with E-state index in [0.29, 0.717) is 49.7 Å². The number of anilines is 2. The number of hydrogen-bond acceptors (Lipinski definition) is 8. The van der Waals surface area contributed by atoms with Crippen LogP contribution in [0.2, 0.25) is 0 Å². The second-order valence-corrected chi connectivity index (χ2v) is 6.80. The van der Waals surface area contributed by atoms with Crippen LogP contribution in [0.3, 0.4) is 0 Å². The van der Waals surface area contributed by atoms with Gasteiger partial charge in [-0.1, -0.05) is 0 Å². The average Bonchev–Trinajstić information content (AvgIpc) is 3.25. The number of aldehydes is 1. The van der Waals surface area contributed by atoms with Gasteiger partial charge in [-0.25, -0.2) is 14.8 Å². The molecule has 2 aliphatic heterocycles. The fraction of sp³-hybridized carbons (Fsp3) is 0.421. The lowest BCUT2D eigenvalue weighted by Crippen LogP contribution is -2.40. The van der Waals surface area contributed by atoms with Crippen molar-refractivity contribution in [3.05, 3.63) is 35.2 Å². The van der Waals surface area contributed by atoms with Gasteiger partial charge >= 0.3 is 6.03 Å². The lowest BCUT2D eigenvalue weighted by molar-refractivity contribution is 0.111. The van der Waals surface area contributed by atoms with E-state index in [4.69, 9.17) is 9.47 Å². The molecule has 2 aliphatic rings. The molecule has 0 aliphatic carbocycles. The summed E-state index contributed by atoms with van der Waals surface area (Å²) < 4.78 is 11.0. The zero-order valence-electron chi connectivity index (χ0n) is 15.7. The van der Waals surface area contributed by atoms with Gasteiger partial charge in [0.15, 0.2) is 6.29 Å². The van der Waals surface area contributed by atoms with Gasteiger partial charge in [-0.15, -0.1) is 0 Å². The number of aryl methyl sites for hydroxylation is 1. The van der Waals surface area contributed by atoms with E-state index in [1.54, 1.807) is 12.1 Å². The van der Waals surface area contributed by atoms with E-state index < -0.39 is 6.03 Å². The first-order valence-electron chi connectivity index (χ1n) is 9.42. The van der Waals surface area contributed by atoms with Gasteiger partial charge in [-0.05, 0) is 24.5 Å². The van der Waals surface area contributed by atoms with Crippen LogP contribution >= 0.6 is 0 Å². The number of pyridine rings is 1. The zero-order valence-corrected chi connectivity index (χ0v) is 15.7. The first-order chi connectivity index (χ1) is 14.2. The van der Waals surface area contributed by atoms with Gasteiger partial charge in [0.2, 0.25) is 11.8 Å². The summed E-state index contributed by atoms with van der Waals surface area (Å²) in [6.07, 6.45) is 4.26. The van der Waals surface area contributed by atoms with Crippen LogP contribution in [0.4, 0.5) is 16.6 Å². The lowest BCUT2D eigenvalue weighted by Gasteiger charge is -2.28. The molecule has 2 amide bonds. The number of rotatable bonds is 5. The van der Waals surface area contributed by atoms with E-state index >= 15 is 0 Å². The fourth-order valence-electron chi connectivity index (χ4n) is 3.39. The molecule has 29 heavy (non-hydrogen) atoms. The molecular formula is C19H21N5O5. The number of carbonyl (C=O) groups excluding carboxylic acids is 2. The van der Waals surface area contributed by atoms with Crippen molar-refractivity contribution in [3.8, 4) is 5.88 Å². The maximum Gasteiger partial charge on any atom is 0.329 e. The summed E-state index contributed by atoms with van der Waals surface area (Å²) in [5.74, 6) is 0.878. The number of carbonyl (C=O) groups is 2. The Morgan fingerprint density at radius 2 is 2.34 bits per heavy atom. The van der Waals surface area contributed by atoms with Crippen LogP contribution in [-0.2, 0) is 17.8 Å². The molecule has 0 aromatic carbocycles. The summed E-state index contributed by atoms with van der Waals surface area (Å²) in [6, 6.07) is 2.90. The van der Waals surface area contributed by atoms with Crippen molar-refractivity contribution in [1.82, 2.24) is 15.0 Å². The molecule has 2 aromatic heterocycles. The number of nitrogens with one attached hydrogen (secondary N) is 1. The number of fused-ring (bicyclic) bond motifs is 1. The van der Waals surface area contributed by atoms with E-state index in [1.165, 1.54) is 11.1 Å². The highest BCUT2D eigenvalue weighted by Crippen LogP contribution is 2.27. The van der Waals surface area contributed by atoms with Crippen LogP contribution < -0.4 is 15.0 Å². The first kappa shape index (κ1) is 19.2. The Morgan fingerprint density at radius 3 is 3.10 bits per heavy atom. The Hall–Kier alpha value is -3.11. The van der Waals surface area contributed by atoms with E-state index in [0.717, 1.165) is 18.4 Å². The summed E-state index contributed by atoms with van der Waals surface area (Å²) in [6.45, 7) is 1.32. The Bertz CT molecular complexity index is 916. The maximum absolute atomic E-state index is 12.8. The van der Waals surface area contributed by atoms with Crippen LogP contribution in [0, 0.1) is 0 Å². The monoisotopic (exact) mass is 399 g/mol. The van der Waals surface area contributed by atoms with E-state index in [1.807, 2.05) is 0 Å². The van der Waals surface area contributed by atoms with Gasteiger partial charge in [-0.3, -0.25) is 15.0 Å². The van der Waals surface area contributed by atoms with Crippen molar-refractivity contribution in [1.29, 1.82) is 0 Å². The van der Waals surface area contributed by atoms with Gasteiger partial charge in [0.05, 0.1) is 19.8 Å². The Morgan fingerprint density at radius 1 is 1.45 bits per heavy atom. The molecule has 0 bridgehead atoms. The van der Waals surface area contributed by atoms with E-state index in [-0.39, 0.29) is 24.4 Å². The number of amides is 2. The number of aromatic nitrogens is 3. The van der Waals surface area contributed by atoms with Crippen molar-refractivity contribution < 1.29 is 24.2 Å². The molecule has 10 heteroatoms. The van der Waals surface area contributed by atoms with Crippen LogP contribution in [0.25, 0.3) is 0 Å². The van der Waals surface area contributed by atoms with Crippen LogP contribution in [-0.4, -0.2) is 58.2 Å². The maximum atomic E-state index is 12.8. The van der Waals surface area contributed by atoms with Gasteiger partial charge in [0.25, 0.3) is 0 Å². The van der Waals surface area contributed by atoms with E-state index in [2.05, 4.69) is 20.3 Å². The second-order valence-electron chi connectivity index (χ2n) is 6.80. The number of nitrogens with zero attached hydrogens (tertiary/aromatic N) is 4. The molecule has 1 atom stereocenters. The zero-order chi connectivity index (χ0) is 20.2. The number of aliphatic hydroxyl groups is 1. The number of ether oxygens (including phenoxy) is 2. The minimum absolute atomic E-state index is 0.0610. The number of urea groups is 1. The van der Waals surface area contributed by atoms with E-state index in [9.17, 15) is 14.7 Å². The Kier molecular flexibility index (Phi) is 5.63. The average molecular weight is 399 g/mol. The third kappa shape index (κ3) is 4.17. The Balaban J connectivity index is 1.52. The molecule has 10 nitrogen and oxygen atoms in total. The normalized spacial score (nSPS) is 18.2. The summed E-state index contributed by atoms with van der Waals surface area (Å²) in [5.41, 5.74) is 1.38. The predicted molar refractivity (Wildman–Crippen MR) is 102 cm³/mol. The molecule has 0 saturated carbocycles. The van der Waals surface area contributed by atoms with Crippen LogP contribution in [0.15, 0.2) is 18.3 Å². The number of aliphatic hydroxyl groups excluding tert-OH is 1. The van der Waals surface area contributed by atoms with Crippen molar-refractivity contribution >= 4 is 24.1 Å². The van der Waals surface area contributed by atoms with Crippen LogP contribution in [0.5, 0.6) is 5.88 Å². The smallest absolute Gasteiger partial charge is 0.329 e. The molecule has 1 fully saturated rings. The molecule has 1 saturated heterocycles. The molecule has 152 valence electrons. The van der Waals surface area contributed by atoms with Gasteiger partial charge in [0.1, 0.15) is 17.6 Å². The molecule has 4 heterocycles. The van der Waals surface area contributed by atoms with Crippen molar-refractivity contribution in [3.63, 3.8) is 0 Å². The largest absolute Gasteiger partial charge is 0.472 e. The standard InChI is InChI=1S/C19H21N5O5/c25-9-13-8-12-2-1-6-24(17(12)21-15(13)10-26)19(27)23-18-20-5-3-16(22-18)29-14-4-7-28-11-14/h3,5,8,10,14,25H,1-2,4,6-7,9,11H2,(H,20,22,23,27). The molecule has 2 N–H and O–H groups in total. The summed E-state index contributed by atoms with van der Waals surface area (Å²) in [7, 11) is 0. The van der Waals surface area contributed by atoms with Crippen molar-refractivity contribution in [2.24, 2.45) is 0 Å². The predicted octanol–water partition coefficient (Wildman–Crippen LogP) is 1.33. The van der Waals surface area contributed by atoms with Crippen molar-refractivity contribution in [2.75, 3.05) is 30.0 Å². The third-order valence-electron chi connectivity index (χ3n) is 4.83. The third-order valence-corrected chi connectivity index (χ3v) is 4.83. The SMILES string of the molecule is O=Cc1nc2c(cc1CO)CCCN2C(=O)Nc1nccc(OC2CCOC2)n1. The molecular weight excluding hydrogens is 378 g/mol. The topological polar surface area (TPSA) is 127 Å². The summed E-state index contributed by atoms with van der Waals surface area (Å²) >= 11 is 0. The first-order valence-corrected chi connectivity index (χ1v) is 9.42. The van der Waals surface area contributed by atoms with Gasteiger partial charge in [0, 0.05) is 30.8 Å². The lowest BCUT2D eigenvalue weighted by atomic mass is 10.0. The van der Waals surface area contributed by atoms with Gasteiger partial charge < -0.3 is 14.6 Å². The van der Waals surface area contributed by atoms with Crippen LogP contribution in [0.1, 0.15) is 34.5 Å². The highest BCUT2D eigenvalue weighted by molar-refractivity contribution is 6.01. The quantitative estimate of drug-likeness (QED) is 0.721. The minimum Gasteiger partial charge on any atom is -0.472 e. The Labute approximate surface area is 166 Å². The molecule has 0 spiro atoms. The summed E-state index contributed by atoms with van der Waals surface area (Å²) in [5, 5.41) is 12.1. The fourth-order valence-corrected chi connectivity index (χ4v) is 3.39. The molecule has 1 unspecified atom stereocenters. The molecule has 0 radical (unpaired) electrons. The number of hydrogen-bond donors (Lipinski definition) is 2. The molecule has 4 rings (SSSR count). The molecule has 2 aromatic rings. The highest BCUT2D eigenvalue weighted by Gasteiger charge is 2.26. The highest BCUT2D eigenvalue weighted by atomic mass is 16.5. The van der Waals surface area contributed by atoms with Gasteiger partial charge in [-0.2, -0.15) is 4.98 Å². The van der Waals surface area contributed by atoms with Crippen molar-refractivity contribution in [2.45, 2.75) is 32.0 Å². The summed E-state index contributed by atoms with van der Waals surface area (Å²) in [4.78, 5) is 38.2.